The number of fused-ring (bicyclic) bond motifs is 2. The number of aryl methyl sites for hydroxylation is 1. The standard InChI is InChI=1S/C12H9NO3/c1-6-2-3-10(14)8-5-11-9(4-7(6)8)13-12(15)16-11/h2-3,5,14H,4H2,1H3. The number of aromatic hydroxyl groups is 1. The van der Waals surface area contributed by atoms with Crippen molar-refractivity contribution in [2.24, 2.45) is 4.99 Å². The average Bonchev–Trinajstić information content (AvgIpc) is 2.61. The summed E-state index contributed by atoms with van der Waals surface area (Å²) in [5.41, 5.74) is 3.45. The molecule has 0 unspecified atom stereocenters. The molecule has 0 fully saturated rings. The number of carbonyl (C=O) groups excluding carboxylic acids is 1. The van der Waals surface area contributed by atoms with E-state index in [4.69, 9.17) is 4.74 Å². The minimum atomic E-state index is -0.578. The maximum Gasteiger partial charge on any atom is 0.439 e. The second-order valence-corrected chi connectivity index (χ2v) is 3.91. The predicted molar refractivity (Wildman–Crippen MR) is 58.4 cm³/mol. The van der Waals surface area contributed by atoms with Gasteiger partial charge in [-0.25, -0.2) is 4.79 Å². The molecule has 1 aromatic rings. The largest absolute Gasteiger partial charge is 0.507 e. The highest BCUT2D eigenvalue weighted by Crippen LogP contribution is 2.33. The third-order valence-electron chi connectivity index (χ3n) is 2.90. The van der Waals surface area contributed by atoms with E-state index in [0.717, 1.165) is 16.7 Å². The number of phenolic OH excluding ortho intramolecular Hbond substituents is 1. The third-order valence-corrected chi connectivity index (χ3v) is 2.90. The van der Waals surface area contributed by atoms with E-state index in [0.29, 0.717) is 17.9 Å². The van der Waals surface area contributed by atoms with Crippen LogP contribution in [0.2, 0.25) is 0 Å². The highest BCUT2D eigenvalue weighted by molar-refractivity contribution is 6.14. The molecule has 1 N–H and O–H groups in total. The van der Waals surface area contributed by atoms with Crippen LogP contribution in [0.4, 0.5) is 4.79 Å². The molecule has 4 heteroatoms. The molecular formula is C12H9NO3. The summed E-state index contributed by atoms with van der Waals surface area (Å²) in [5, 5.41) is 9.74. The van der Waals surface area contributed by atoms with Gasteiger partial charge in [0.15, 0.2) is 5.76 Å². The van der Waals surface area contributed by atoms with Crippen LogP contribution in [-0.2, 0) is 11.2 Å². The van der Waals surface area contributed by atoms with Crippen molar-refractivity contribution in [2.45, 2.75) is 13.3 Å². The molecule has 0 saturated heterocycles. The number of hydrogen-bond donors (Lipinski definition) is 1. The SMILES string of the molecule is Cc1ccc(O)c2c1CC1=NC(=O)OC1=C2. The van der Waals surface area contributed by atoms with Gasteiger partial charge < -0.3 is 9.84 Å². The fourth-order valence-corrected chi connectivity index (χ4v) is 2.04. The van der Waals surface area contributed by atoms with Crippen molar-refractivity contribution < 1.29 is 14.6 Å². The van der Waals surface area contributed by atoms with Crippen LogP contribution in [0.3, 0.4) is 0 Å². The van der Waals surface area contributed by atoms with Gasteiger partial charge in [0, 0.05) is 12.0 Å². The molecule has 0 aromatic heterocycles. The van der Waals surface area contributed by atoms with Crippen LogP contribution >= 0.6 is 0 Å². The molecule has 0 atom stereocenters. The molecule has 3 rings (SSSR count). The van der Waals surface area contributed by atoms with Crippen LogP contribution < -0.4 is 0 Å². The molecular weight excluding hydrogens is 206 g/mol. The van der Waals surface area contributed by atoms with Crippen molar-refractivity contribution in [1.29, 1.82) is 0 Å². The monoisotopic (exact) mass is 215 g/mol. The molecule has 1 aliphatic carbocycles. The molecule has 0 saturated carbocycles. The average molecular weight is 215 g/mol. The Morgan fingerprint density at radius 2 is 2.25 bits per heavy atom. The number of carbonyl (C=O) groups is 1. The number of aliphatic imine (C=N–C) groups is 1. The summed E-state index contributed by atoms with van der Waals surface area (Å²) in [5.74, 6) is 0.661. The first-order chi connectivity index (χ1) is 7.65. The fraction of sp³-hybridized carbons (Fsp3) is 0.167. The van der Waals surface area contributed by atoms with Gasteiger partial charge in [0.1, 0.15) is 5.75 Å². The Morgan fingerprint density at radius 3 is 3.06 bits per heavy atom. The van der Waals surface area contributed by atoms with Gasteiger partial charge >= 0.3 is 6.09 Å². The van der Waals surface area contributed by atoms with Gasteiger partial charge in [-0.2, -0.15) is 4.99 Å². The second kappa shape index (κ2) is 2.95. The molecule has 16 heavy (non-hydrogen) atoms. The van der Waals surface area contributed by atoms with Crippen molar-refractivity contribution >= 4 is 17.9 Å². The van der Waals surface area contributed by atoms with Gasteiger partial charge in [-0.1, -0.05) is 6.07 Å². The van der Waals surface area contributed by atoms with E-state index < -0.39 is 6.09 Å². The summed E-state index contributed by atoms with van der Waals surface area (Å²) in [4.78, 5) is 14.8. The lowest BCUT2D eigenvalue weighted by atomic mass is 9.91. The van der Waals surface area contributed by atoms with Crippen molar-refractivity contribution in [1.82, 2.24) is 0 Å². The molecule has 0 bridgehead atoms. The number of rotatable bonds is 0. The highest BCUT2D eigenvalue weighted by Gasteiger charge is 2.28. The van der Waals surface area contributed by atoms with Crippen LogP contribution in [0.5, 0.6) is 5.75 Å². The minimum Gasteiger partial charge on any atom is -0.507 e. The Bertz CT molecular complexity index is 570. The fourth-order valence-electron chi connectivity index (χ4n) is 2.04. The van der Waals surface area contributed by atoms with Gasteiger partial charge in [-0.05, 0) is 30.2 Å². The first-order valence-electron chi connectivity index (χ1n) is 4.98. The van der Waals surface area contributed by atoms with Gasteiger partial charge in [-0.3, -0.25) is 0 Å². The summed E-state index contributed by atoms with van der Waals surface area (Å²) in [6, 6.07) is 3.50. The van der Waals surface area contributed by atoms with Gasteiger partial charge in [0.05, 0.1) is 5.71 Å². The first kappa shape index (κ1) is 9.15. The van der Waals surface area contributed by atoms with Gasteiger partial charge in [-0.15, -0.1) is 0 Å². The first-order valence-corrected chi connectivity index (χ1v) is 4.98. The van der Waals surface area contributed by atoms with Crippen LogP contribution in [0.25, 0.3) is 6.08 Å². The summed E-state index contributed by atoms with van der Waals surface area (Å²) < 4.78 is 4.92. The number of benzene rings is 1. The van der Waals surface area contributed by atoms with E-state index in [9.17, 15) is 9.90 Å². The third kappa shape index (κ3) is 1.16. The number of allylic oxidation sites excluding steroid dienone is 1. The van der Waals surface area contributed by atoms with E-state index in [2.05, 4.69) is 4.99 Å². The van der Waals surface area contributed by atoms with Crippen molar-refractivity contribution in [3.8, 4) is 5.75 Å². The molecule has 0 spiro atoms. The molecule has 1 aliphatic heterocycles. The summed E-state index contributed by atoms with van der Waals surface area (Å²) in [7, 11) is 0. The molecule has 0 radical (unpaired) electrons. The zero-order valence-electron chi connectivity index (χ0n) is 8.65. The molecule has 1 heterocycles. The van der Waals surface area contributed by atoms with Crippen LogP contribution in [0, 0.1) is 6.92 Å². The molecule has 80 valence electrons. The van der Waals surface area contributed by atoms with E-state index >= 15 is 0 Å². The number of ether oxygens (including phenoxy) is 1. The predicted octanol–water partition coefficient (Wildman–Crippen LogP) is 2.19. The Hall–Kier alpha value is -2.10. The second-order valence-electron chi connectivity index (χ2n) is 3.91. The molecule has 1 aromatic carbocycles. The summed E-state index contributed by atoms with van der Waals surface area (Å²) in [6.07, 6.45) is 1.63. The Morgan fingerprint density at radius 1 is 1.44 bits per heavy atom. The number of phenols is 1. The number of amides is 1. The summed E-state index contributed by atoms with van der Waals surface area (Å²) >= 11 is 0. The Balaban J connectivity index is 2.23. The highest BCUT2D eigenvalue weighted by atomic mass is 16.6. The van der Waals surface area contributed by atoms with Gasteiger partial charge in [0.2, 0.25) is 0 Å². The van der Waals surface area contributed by atoms with E-state index in [1.165, 1.54) is 0 Å². The van der Waals surface area contributed by atoms with E-state index in [-0.39, 0.29) is 5.75 Å². The number of nitrogens with zero attached hydrogens (tertiary/aromatic N) is 1. The van der Waals surface area contributed by atoms with Gasteiger partial charge in [0.25, 0.3) is 0 Å². The van der Waals surface area contributed by atoms with Crippen LogP contribution in [-0.4, -0.2) is 16.9 Å². The molecule has 2 aliphatic rings. The van der Waals surface area contributed by atoms with Crippen molar-refractivity contribution in [3.05, 3.63) is 34.6 Å². The molecule has 4 nitrogen and oxygen atoms in total. The normalized spacial score (nSPS) is 17.2. The van der Waals surface area contributed by atoms with E-state index in [1.807, 2.05) is 13.0 Å². The maximum atomic E-state index is 11.0. The maximum absolute atomic E-state index is 11.0. The lowest BCUT2D eigenvalue weighted by Crippen LogP contribution is -2.11. The van der Waals surface area contributed by atoms with Crippen molar-refractivity contribution in [3.63, 3.8) is 0 Å². The Labute approximate surface area is 91.9 Å². The van der Waals surface area contributed by atoms with E-state index in [1.54, 1.807) is 12.1 Å². The number of hydrogen-bond acceptors (Lipinski definition) is 3. The topological polar surface area (TPSA) is 58.9 Å². The zero-order chi connectivity index (χ0) is 11.3. The molecule has 1 amide bonds. The van der Waals surface area contributed by atoms with Crippen LogP contribution in [0.15, 0.2) is 22.9 Å². The Kier molecular flexibility index (Phi) is 1.68. The lowest BCUT2D eigenvalue weighted by molar-refractivity contribution is 0.198. The smallest absolute Gasteiger partial charge is 0.439 e. The zero-order valence-corrected chi connectivity index (χ0v) is 8.65. The lowest BCUT2D eigenvalue weighted by Gasteiger charge is -2.16. The quantitative estimate of drug-likeness (QED) is 0.721. The van der Waals surface area contributed by atoms with Crippen molar-refractivity contribution in [2.75, 3.05) is 0 Å². The minimum absolute atomic E-state index is 0.204. The van der Waals surface area contributed by atoms with Crippen LogP contribution in [0.1, 0.15) is 16.7 Å². The summed E-state index contributed by atoms with van der Waals surface area (Å²) in [6.45, 7) is 1.97.